The second kappa shape index (κ2) is 38.9. The molecular formula is C43H75O10P. The molecule has 0 aliphatic heterocycles. The van der Waals surface area contributed by atoms with Gasteiger partial charge in [-0.1, -0.05) is 158 Å². The van der Waals surface area contributed by atoms with Gasteiger partial charge in [0.15, 0.2) is 0 Å². The Balaban J connectivity index is 4.03. The summed E-state index contributed by atoms with van der Waals surface area (Å²) in [7, 11) is -4.65. The van der Waals surface area contributed by atoms with Gasteiger partial charge in [-0.15, -0.1) is 0 Å². The molecule has 0 aliphatic rings. The summed E-state index contributed by atoms with van der Waals surface area (Å²) in [6.07, 6.45) is 42.0. The zero-order chi connectivity index (χ0) is 39.8. The second-order valence-corrected chi connectivity index (χ2v) is 15.0. The SMILES string of the molecule is CC/C=C\C/C=C\C/C=C\C/C=C\C/C=C\CCCC(=O)OC(CO)COP(=O)(O)OCC(CO)OC(=O)CCCCCCCCCCCCCCCC. The van der Waals surface area contributed by atoms with Gasteiger partial charge >= 0.3 is 19.8 Å². The van der Waals surface area contributed by atoms with Crippen LogP contribution in [0.3, 0.4) is 0 Å². The molecule has 0 bridgehead atoms. The molecule has 3 atom stereocenters. The van der Waals surface area contributed by atoms with Gasteiger partial charge in [-0.05, 0) is 51.4 Å². The molecule has 0 amide bonds. The summed E-state index contributed by atoms with van der Waals surface area (Å²) >= 11 is 0. The number of ether oxygens (including phenoxy) is 2. The lowest BCUT2D eigenvalue weighted by Crippen LogP contribution is -2.28. The van der Waals surface area contributed by atoms with Gasteiger partial charge in [0, 0.05) is 12.8 Å². The van der Waals surface area contributed by atoms with Crippen molar-refractivity contribution < 1.29 is 47.8 Å². The number of esters is 2. The van der Waals surface area contributed by atoms with Gasteiger partial charge in [0.1, 0.15) is 12.2 Å². The number of rotatable bonds is 38. The number of carbonyl (C=O) groups is 2. The van der Waals surface area contributed by atoms with Crippen LogP contribution >= 0.6 is 7.82 Å². The van der Waals surface area contributed by atoms with Gasteiger partial charge in [-0.3, -0.25) is 18.6 Å². The predicted molar refractivity (Wildman–Crippen MR) is 219 cm³/mol. The Morgan fingerprint density at radius 3 is 1.26 bits per heavy atom. The lowest BCUT2D eigenvalue weighted by atomic mass is 10.0. The highest BCUT2D eigenvalue weighted by Crippen LogP contribution is 2.43. The number of hydrogen-bond donors (Lipinski definition) is 3. The van der Waals surface area contributed by atoms with Crippen LogP contribution in [0.2, 0.25) is 0 Å². The van der Waals surface area contributed by atoms with E-state index in [1.54, 1.807) is 0 Å². The fraction of sp³-hybridized carbons (Fsp3) is 0.721. The number of aliphatic hydroxyl groups is 2. The standard InChI is InChI=1S/C43H75O10P/c1-3-5-7-9-11-13-15-17-19-20-21-23-25-27-29-31-33-35-43(47)53-41(37-45)39-51-54(48,49)50-38-40(36-44)52-42(46)34-32-30-28-26-24-22-18-16-14-12-10-8-6-4-2/h5,7,11,13,17,19,21,23,27,29,40-41,44-45H,3-4,6,8-10,12,14-16,18,20,22,24-26,28,30-39H2,1-2H3,(H,48,49)/b7-5-,13-11-,19-17-,23-21-,29-27-. The minimum atomic E-state index is -4.65. The predicted octanol–water partition coefficient (Wildman–Crippen LogP) is 10.7. The molecule has 0 radical (unpaired) electrons. The molecule has 0 rings (SSSR count). The molecule has 0 aromatic rings. The van der Waals surface area contributed by atoms with Gasteiger partial charge in [0.25, 0.3) is 0 Å². The molecule has 0 aromatic heterocycles. The third kappa shape index (κ3) is 36.6. The summed E-state index contributed by atoms with van der Waals surface area (Å²) < 4.78 is 32.5. The van der Waals surface area contributed by atoms with Gasteiger partial charge in [-0.25, -0.2) is 4.57 Å². The van der Waals surface area contributed by atoms with E-state index in [0.717, 1.165) is 51.4 Å². The van der Waals surface area contributed by atoms with Crippen molar-refractivity contribution in [1.82, 2.24) is 0 Å². The fourth-order valence-electron chi connectivity index (χ4n) is 5.33. The van der Waals surface area contributed by atoms with E-state index in [0.29, 0.717) is 19.3 Å². The summed E-state index contributed by atoms with van der Waals surface area (Å²) in [5, 5.41) is 19.1. The number of unbranched alkanes of at least 4 members (excludes halogenated alkanes) is 14. The minimum absolute atomic E-state index is 0.112. The van der Waals surface area contributed by atoms with E-state index < -0.39 is 58.4 Å². The second-order valence-electron chi connectivity index (χ2n) is 13.6. The van der Waals surface area contributed by atoms with E-state index >= 15 is 0 Å². The number of aliphatic hydroxyl groups excluding tert-OH is 2. The van der Waals surface area contributed by atoms with Crippen molar-refractivity contribution in [1.29, 1.82) is 0 Å². The van der Waals surface area contributed by atoms with Crippen molar-refractivity contribution in [2.75, 3.05) is 26.4 Å². The summed E-state index contributed by atoms with van der Waals surface area (Å²) in [5.41, 5.74) is 0. The first-order chi connectivity index (χ1) is 26.3. The van der Waals surface area contributed by atoms with Gasteiger partial charge in [0.05, 0.1) is 26.4 Å². The number of phosphoric acid groups is 1. The highest BCUT2D eigenvalue weighted by atomic mass is 31.2. The van der Waals surface area contributed by atoms with Crippen LogP contribution in [-0.2, 0) is 32.7 Å². The lowest BCUT2D eigenvalue weighted by molar-refractivity contribution is -0.153. The molecule has 3 N–H and O–H groups in total. The molecule has 11 heteroatoms. The minimum Gasteiger partial charge on any atom is -0.457 e. The molecule has 0 saturated carbocycles. The van der Waals surface area contributed by atoms with Gasteiger partial charge in [0.2, 0.25) is 0 Å². The maximum Gasteiger partial charge on any atom is 0.472 e. The Morgan fingerprint density at radius 1 is 0.519 bits per heavy atom. The zero-order valence-electron chi connectivity index (χ0n) is 33.7. The Bertz CT molecular complexity index is 1080. The Kier molecular flexibility index (Phi) is 37.2. The average Bonchev–Trinajstić information content (AvgIpc) is 3.16. The van der Waals surface area contributed by atoms with Crippen LogP contribution in [0.1, 0.15) is 162 Å². The van der Waals surface area contributed by atoms with Crippen molar-refractivity contribution in [3.8, 4) is 0 Å². The Morgan fingerprint density at radius 2 is 0.870 bits per heavy atom. The molecule has 54 heavy (non-hydrogen) atoms. The van der Waals surface area contributed by atoms with E-state index in [1.165, 1.54) is 64.2 Å². The van der Waals surface area contributed by atoms with Crippen molar-refractivity contribution in [3.05, 3.63) is 60.8 Å². The van der Waals surface area contributed by atoms with Crippen molar-refractivity contribution >= 4 is 19.8 Å². The molecule has 0 aliphatic carbocycles. The number of carbonyl (C=O) groups excluding carboxylic acids is 2. The van der Waals surface area contributed by atoms with E-state index in [4.69, 9.17) is 18.5 Å². The zero-order valence-corrected chi connectivity index (χ0v) is 34.6. The molecule has 3 unspecified atom stereocenters. The first-order valence-corrected chi connectivity index (χ1v) is 22.2. The number of hydrogen-bond acceptors (Lipinski definition) is 9. The summed E-state index contributed by atoms with van der Waals surface area (Å²) in [6, 6.07) is 0. The lowest BCUT2D eigenvalue weighted by Gasteiger charge is -2.20. The first kappa shape index (κ1) is 51.7. The molecule has 10 nitrogen and oxygen atoms in total. The van der Waals surface area contributed by atoms with Crippen LogP contribution in [0.25, 0.3) is 0 Å². The van der Waals surface area contributed by atoms with Crippen LogP contribution < -0.4 is 0 Å². The van der Waals surface area contributed by atoms with Gasteiger partial charge < -0.3 is 24.6 Å². The van der Waals surface area contributed by atoms with E-state index in [1.807, 2.05) is 12.2 Å². The molecule has 0 spiro atoms. The number of allylic oxidation sites excluding steroid dienone is 10. The van der Waals surface area contributed by atoms with E-state index in [-0.39, 0.29) is 12.8 Å². The van der Waals surface area contributed by atoms with Crippen LogP contribution in [-0.4, -0.2) is 65.7 Å². The fourth-order valence-corrected chi connectivity index (χ4v) is 6.11. The quantitative estimate of drug-likeness (QED) is 0.0239. The summed E-state index contributed by atoms with van der Waals surface area (Å²) in [6.45, 7) is 2.02. The molecular weight excluding hydrogens is 707 g/mol. The number of phosphoric ester groups is 1. The van der Waals surface area contributed by atoms with Crippen molar-refractivity contribution in [3.63, 3.8) is 0 Å². The van der Waals surface area contributed by atoms with Crippen LogP contribution in [0.5, 0.6) is 0 Å². The monoisotopic (exact) mass is 783 g/mol. The first-order valence-electron chi connectivity index (χ1n) is 20.7. The molecule has 0 saturated heterocycles. The highest BCUT2D eigenvalue weighted by Gasteiger charge is 2.27. The highest BCUT2D eigenvalue weighted by molar-refractivity contribution is 7.47. The molecule has 0 heterocycles. The van der Waals surface area contributed by atoms with Crippen molar-refractivity contribution in [2.24, 2.45) is 0 Å². The smallest absolute Gasteiger partial charge is 0.457 e. The van der Waals surface area contributed by atoms with Crippen LogP contribution in [0.15, 0.2) is 60.8 Å². The van der Waals surface area contributed by atoms with Crippen LogP contribution in [0.4, 0.5) is 0 Å². The molecule has 0 fully saturated rings. The third-order valence-electron chi connectivity index (χ3n) is 8.49. The Labute approximate surface area is 327 Å². The largest absolute Gasteiger partial charge is 0.472 e. The molecule has 312 valence electrons. The molecule has 0 aromatic carbocycles. The maximum atomic E-state index is 12.3. The van der Waals surface area contributed by atoms with Gasteiger partial charge in [-0.2, -0.15) is 0 Å². The van der Waals surface area contributed by atoms with E-state index in [2.05, 4.69) is 62.5 Å². The van der Waals surface area contributed by atoms with E-state index in [9.17, 15) is 29.3 Å². The normalized spacial score (nSPS) is 14.5. The average molecular weight is 783 g/mol. The third-order valence-corrected chi connectivity index (χ3v) is 9.45. The summed E-state index contributed by atoms with van der Waals surface area (Å²) in [4.78, 5) is 34.4. The Hall–Kier alpha value is -2.33. The maximum absolute atomic E-state index is 12.3. The summed E-state index contributed by atoms with van der Waals surface area (Å²) in [5.74, 6) is -1.08. The van der Waals surface area contributed by atoms with Crippen molar-refractivity contribution in [2.45, 2.75) is 174 Å². The topological polar surface area (TPSA) is 149 Å². The van der Waals surface area contributed by atoms with Crippen LogP contribution in [0, 0.1) is 0 Å².